The van der Waals surface area contributed by atoms with Crippen molar-refractivity contribution in [3.8, 4) is 0 Å². The van der Waals surface area contributed by atoms with Crippen molar-refractivity contribution < 1.29 is 80.2 Å². The molecule has 3 unspecified atom stereocenters. The number of carbonyl (C=O) groups is 4. The number of hydrogen-bond donors (Lipinski definition) is 3. The summed E-state index contributed by atoms with van der Waals surface area (Å²) in [6.07, 6.45) is 41.9. The van der Waals surface area contributed by atoms with Gasteiger partial charge in [-0.2, -0.15) is 0 Å². The molecule has 0 aliphatic rings. The summed E-state index contributed by atoms with van der Waals surface area (Å²) in [6.45, 7) is 14.0. The fraction of sp³-hybridized carbons (Fsp3) is 0.943. The summed E-state index contributed by atoms with van der Waals surface area (Å²) in [7, 11) is -9.90. The second-order valence-corrected chi connectivity index (χ2v) is 29.8. The van der Waals surface area contributed by atoms with E-state index in [0.29, 0.717) is 31.6 Å². The van der Waals surface area contributed by atoms with E-state index in [-0.39, 0.29) is 25.7 Å². The first-order valence-corrected chi connectivity index (χ1v) is 39.2. The number of phosphoric acid groups is 2. The van der Waals surface area contributed by atoms with E-state index < -0.39 is 97.5 Å². The maximum absolute atomic E-state index is 13.0. The molecule has 0 fully saturated rings. The standard InChI is InChI=1S/C70H136O17P2/c1-9-63(8)49-41-33-27-29-37-45-53-70(75)87-66(57-81-68(73)51-43-35-28-26-32-40-48-62(6)7)59-85-89(78,79)83-55-64(71)54-82-88(76,77)84-58-65(86-69(74)52-44-36-25-21-17-13-11-15-19-23-31-39-47-61(4)5)56-80-67(72)50-42-34-24-20-16-12-10-14-18-22-30-38-46-60(2)3/h60-66,71H,9-59H2,1-8H3,(H,76,77)(H,78,79)/t63?,64-,65-,66-/m1/s1. The van der Waals surface area contributed by atoms with Gasteiger partial charge in [0.15, 0.2) is 12.2 Å². The molecule has 0 aliphatic heterocycles. The van der Waals surface area contributed by atoms with E-state index in [1.165, 1.54) is 141 Å². The number of esters is 4. The van der Waals surface area contributed by atoms with Crippen molar-refractivity contribution in [1.29, 1.82) is 0 Å². The Bertz CT molecular complexity index is 1770. The van der Waals surface area contributed by atoms with Gasteiger partial charge in [-0.3, -0.25) is 37.3 Å². The van der Waals surface area contributed by atoms with Gasteiger partial charge in [-0.1, -0.05) is 293 Å². The van der Waals surface area contributed by atoms with Crippen LogP contribution in [-0.4, -0.2) is 96.7 Å². The zero-order valence-electron chi connectivity index (χ0n) is 58.1. The Labute approximate surface area is 543 Å². The fourth-order valence-electron chi connectivity index (χ4n) is 10.5. The van der Waals surface area contributed by atoms with Gasteiger partial charge in [-0.05, 0) is 49.4 Å². The summed E-state index contributed by atoms with van der Waals surface area (Å²) in [5.41, 5.74) is 0. The first kappa shape index (κ1) is 87.1. The fourth-order valence-corrected chi connectivity index (χ4v) is 12.0. The van der Waals surface area contributed by atoms with Crippen LogP contribution >= 0.6 is 15.6 Å². The molecule has 19 heteroatoms. The predicted molar refractivity (Wildman–Crippen MR) is 358 cm³/mol. The highest BCUT2D eigenvalue weighted by molar-refractivity contribution is 7.47. The van der Waals surface area contributed by atoms with Crippen molar-refractivity contribution in [1.82, 2.24) is 0 Å². The van der Waals surface area contributed by atoms with E-state index in [1.807, 2.05) is 0 Å². The average molecular weight is 1310 g/mol. The predicted octanol–water partition coefficient (Wildman–Crippen LogP) is 19.7. The minimum absolute atomic E-state index is 0.101. The minimum Gasteiger partial charge on any atom is -0.462 e. The molecule has 0 amide bonds. The quantitative estimate of drug-likeness (QED) is 0.0222. The summed E-state index contributed by atoms with van der Waals surface area (Å²) >= 11 is 0. The van der Waals surface area contributed by atoms with Gasteiger partial charge in [-0.25, -0.2) is 9.13 Å². The van der Waals surface area contributed by atoms with Gasteiger partial charge in [0, 0.05) is 25.7 Å². The highest BCUT2D eigenvalue weighted by atomic mass is 31.2. The van der Waals surface area contributed by atoms with Crippen LogP contribution in [0.5, 0.6) is 0 Å². The van der Waals surface area contributed by atoms with Crippen LogP contribution in [0.15, 0.2) is 0 Å². The largest absolute Gasteiger partial charge is 0.472 e. The summed E-state index contributed by atoms with van der Waals surface area (Å²) < 4.78 is 68.2. The monoisotopic (exact) mass is 1310 g/mol. The van der Waals surface area contributed by atoms with Crippen LogP contribution in [0, 0.1) is 23.7 Å². The highest BCUT2D eigenvalue weighted by Gasteiger charge is 2.30. The molecule has 0 heterocycles. The Hall–Kier alpha value is -1.94. The number of aliphatic hydroxyl groups excluding tert-OH is 1. The summed E-state index contributed by atoms with van der Waals surface area (Å²) in [4.78, 5) is 72.5. The normalized spacial score (nSPS) is 14.6. The Balaban J connectivity index is 5.24. The molecule has 0 aromatic rings. The van der Waals surface area contributed by atoms with Crippen LogP contribution in [0.3, 0.4) is 0 Å². The third kappa shape index (κ3) is 63.2. The Morgan fingerprint density at radius 2 is 0.539 bits per heavy atom. The Morgan fingerprint density at radius 3 is 0.798 bits per heavy atom. The summed E-state index contributed by atoms with van der Waals surface area (Å²) in [5.74, 6) is 0.825. The minimum atomic E-state index is -4.95. The lowest BCUT2D eigenvalue weighted by Gasteiger charge is -2.21. The number of ether oxygens (including phenoxy) is 4. The SMILES string of the molecule is CCC(C)CCCCCCCCC(=O)O[C@H](COC(=O)CCCCCCCCC(C)C)COP(=O)(O)OC[C@H](O)COP(=O)(O)OC[C@@H](COC(=O)CCCCCCCCCCCCCCC(C)C)OC(=O)CCCCCCCCCCCCCCC(C)C. The van der Waals surface area contributed by atoms with Crippen molar-refractivity contribution in [3.63, 3.8) is 0 Å². The van der Waals surface area contributed by atoms with Crippen LogP contribution in [-0.2, 0) is 65.4 Å². The molecule has 0 spiro atoms. The van der Waals surface area contributed by atoms with Crippen molar-refractivity contribution in [3.05, 3.63) is 0 Å². The smallest absolute Gasteiger partial charge is 0.462 e. The Kier molecular flexibility index (Phi) is 58.5. The van der Waals surface area contributed by atoms with E-state index in [2.05, 4.69) is 55.4 Å². The number of hydrogen-bond acceptors (Lipinski definition) is 15. The van der Waals surface area contributed by atoms with Crippen LogP contribution in [0.25, 0.3) is 0 Å². The van der Waals surface area contributed by atoms with Crippen molar-refractivity contribution >= 4 is 39.5 Å². The summed E-state index contributed by atoms with van der Waals surface area (Å²) in [5, 5.41) is 10.6. The number of carbonyl (C=O) groups excluding carboxylic acids is 4. The van der Waals surface area contributed by atoms with Gasteiger partial charge >= 0.3 is 39.5 Å². The molecule has 89 heavy (non-hydrogen) atoms. The molecule has 0 saturated carbocycles. The van der Waals surface area contributed by atoms with Crippen LogP contribution in [0.4, 0.5) is 0 Å². The van der Waals surface area contributed by atoms with E-state index >= 15 is 0 Å². The first-order valence-electron chi connectivity index (χ1n) is 36.2. The van der Waals surface area contributed by atoms with Gasteiger partial charge in [0.25, 0.3) is 0 Å². The van der Waals surface area contributed by atoms with Gasteiger partial charge in [0.05, 0.1) is 26.4 Å². The number of phosphoric ester groups is 2. The molecular weight excluding hydrogens is 1170 g/mol. The van der Waals surface area contributed by atoms with Crippen molar-refractivity contribution in [2.24, 2.45) is 23.7 Å². The zero-order valence-corrected chi connectivity index (χ0v) is 59.8. The first-order chi connectivity index (χ1) is 42.6. The number of rotatable bonds is 67. The molecule has 0 bridgehead atoms. The van der Waals surface area contributed by atoms with E-state index in [9.17, 15) is 43.2 Å². The lowest BCUT2D eigenvalue weighted by atomic mass is 10.00. The van der Waals surface area contributed by atoms with Crippen LogP contribution in [0.1, 0.15) is 344 Å². The maximum atomic E-state index is 13.0. The average Bonchev–Trinajstić information content (AvgIpc) is 3.69. The van der Waals surface area contributed by atoms with Crippen molar-refractivity contribution in [2.45, 2.75) is 363 Å². The lowest BCUT2D eigenvalue weighted by molar-refractivity contribution is -0.161. The summed E-state index contributed by atoms with van der Waals surface area (Å²) in [6, 6.07) is 0. The molecule has 0 aromatic heterocycles. The molecule has 0 aliphatic carbocycles. The van der Waals surface area contributed by atoms with E-state index in [4.69, 9.17) is 37.0 Å². The topological polar surface area (TPSA) is 237 Å². The van der Waals surface area contributed by atoms with E-state index in [0.717, 1.165) is 114 Å². The van der Waals surface area contributed by atoms with Gasteiger partial charge < -0.3 is 33.8 Å². The van der Waals surface area contributed by atoms with Gasteiger partial charge in [0.1, 0.15) is 19.3 Å². The molecule has 17 nitrogen and oxygen atoms in total. The molecule has 0 aromatic carbocycles. The Morgan fingerprint density at radius 1 is 0.315 bits per heavy atom. The highest BCUT2D eigenvalue weighted by Crippen LogP contribution is 2.45. The molecule has 0 saturated heterocycles. The molecule has 3 N–H and O–H groups in total. The van der Waals surface area contributed by atoms with Gasteiger partial charge in [0.2, 0.25) is 0 Å². The third-order valence-corrected chi connectivity index (χ3v) is 18.3. The van der Waals surface area contributed by atoms with Crippen LogP contribution < -0.4 is 0 Å². The van der Waals surface area contributed by atoms with Gasteiger partial charge in [-0.15, -0.1) is 0 Å². The van der Waals surface area contributed by atoms with Crippen LogP contribution in [0.2, 0.25) is 0 Å². The second kappa shape index (κ2) is 59.8. The lowest BCUT2D eigenvalue weighted by Crippen LogP contribution is -2.30. The molecule has 6 atom stereocenters. The maximum Gasteiger partial charge on any atom is 0.472 e. The zero-order chi connectivity index (χ0) is 66.1. The third-order valence-electron chi connectivity index (χ3n) is 16.4. The molecule has 0 rings (SSSR count). The number of unbranched alkanes of at least 4 members (excludes halogenated alkanes) is 32. The second-order valence-electron chi connectivity index (χ2n) is 26.9. The molecule has 528 valence electrons. The number of aliphatic hydroxyl groups is 1. The van der Waals surface area contributed by atoms with E-state index in [1.54, 1.807) is 0 Å². The van der Waals surface area contributed by atoms with Crippen molar-refractivity contribution in [2.75, 3.05) is 39.6 Å². The molecule has 0 radical (unpaired) electrons. The molecular formula is C70H136O17P2.